The number of carbonyl (C=O) groups is 1. The van der Waals surface area contributed by atoms with Crippen molar-refractivity contribution in [3.8, 4) is 0 Å². The number of rotatable bonds is 5. The average Bonchev–Trinajstić information content (AvgIpc) is 2.53. The molecule has 6 heteroatoms. The number of carbonyl (C=O) groups excluding carboxylic acids is 1. The van der Waals surface area contributed by atoms with Crippen LogP contribution in [0.4, 0.5) is 5.69 Å². The van der Waals surface area contributed by atoms with Gasteiger partial charge in [-0.25, -0.2) is 0 Å². The standard InChI is InChI=1S/C14H23N5O/c1-2-19-7-4-11(5-8-19)9-17-14(20)12-3-6-16-10-13(12)18-15/h3,6,10-11,18H,2,4-5,7-9,15H2,1H3,(H,17,20). The quantitative estimate of drug-likeness (QED) is 0.548. The van der Waals surface area contributed by atoms with Crippen molar-refractivity contribution in [2.24, 2.45) is 11.8 Å². The minimum Gasteiger partial charge on any atom is -0.352 e. The third kappa shape index (κ3) is 3.68. The van der Waals surface area contributed by atoms with Crippen LogP contribution in [0.1, 0.15) is 30.1 Å². The third-order valence-corrected chi connectivity index (χ3v) is 3.93. The molecule has 1 aliphatic heterocycles. The number of hydrogen-bond donors (Lipinski definition) is 3. The number of anilines is 1. The molecular weight excluding hydrogens is 254 g/mol. The van der Waals surface area contributed by atoms with Gasteiger partial charge in [-0.3, -0.25) is 15.6 Å². The maximum atomic E-state index is 12.1. The zero-order valence-corrected chi connectivity index (χ0v) is 11.9. The molecule has 110 valence electrons. The van der Waals surface area contributed by atoms with Gasteiger partial charge in [0.25, 0.3) is 5.91 Å². The Morgan fingerprint density at radius 2 is 2.25 bits per heavy atom. The van der Waals surface area contributed by atoms with E-state index in [1.165, 1.54) is 0 Å². The molecule has 1 aromatic heterocycles. The van der Waals surface area contributed by atoms with Gasteiger partial charge in [-0.15, -0.1) is 0 Å². The van der Waals surface area contributed by atoms with Gasteiger partial charge in [0.1, 0.15) is 0 Å². The smallest absolute Gasteiger partial charge is 0.253 e. The second-order valence-corrected chi connectivity index (χ2v) is 5.15. The number of hydrogen-bond acceptors (Lipinski definition) is 5. The molecule has 0 saturated carbocycles. The fraction of sp³-hybridized carbons (Fsp3) is 0.571. The highest BCUT2D eigenvalue weighted by atomic mass is 16.1. The molecule has 0 spiro atoms. The van der Waals surface area contributed by atoms with E-state index in [0.717, 1.165) is 39.0 Å². The van der Waals surface area contributed by atoms with E-state index in [-0.39, 0.29) is 5.91 Å². The van der Waals surface area contributed by atoms with Crippen LogP contribution in [0.2, 0.25) is 0 Å². The summed E-state index contributed by atoms with van der Waals surface area (Å²) in [7, 11) is 0. The van der Waals surface area contributed by atoms with E-state index in [9.17, 15) is 4.79 Å². The van der Waals surface area contributed by atoms with Crippen molar-refractivity contribution in [1.29, 1.82) is 0 Å². The largest absolute Gasteiger partial charge is 0.352 e. The van der Waals surface area contributed by atoms with E-state index in [4.69, 9.17) is 5.84 Å². The molecule has 2 rings (SSSR count). The van der Waals surface area contributed by atoms with Crippen molar-refractivity contribution in [3.05, 3.63) is 24.0 Å². The van der Waals surface area contributed by atoms with Crippen LogP contribution in [0.5, 0.6) is 0 Å². The molecule has 1 aromatic rings. The third-order valence-electron chi connectivity index (χ3n) is 3.93. The van der Waals surface area contributed by atoms with Crippen molar-refractivity contribution in [2.75, 3.05) is 31.6 Å². The van der Waals surface area contributed by atoms with Gasteiger partial charge in [-0.2, -0.15) is 0 Å². The molecule has 1 amide bonds. The normalized spacial score (nSPS) is 16.9. The molecule has 2 heterocycles. The van der Waals surface area contributed by atoms with Gasteiger partial charge in [0.15, 0.2) is 0 Å². The summed E-state index contributed by atoms with van der Waals surface area (Å²) in [4.78, 5) is 18.5. The number of nitrogens with one attached hydrogen (secondary N) is 2. The van der Waals surface area contributed by atoms with Crippen molar-refractivity contribution in [1.82, 2.24) is 15.2 Å². The van der Waals surface area contributed by atoms with Gasteiger partial charge in [-0.1, -0.05) is 6.92 Å². The van der Waals surface area contributed by atoms with Crippen LogP contribution < -0.4 is 16.6 Å². The monoisotopic (exact) mass is 277 g/mol. The maximum Gasteiger partial charge on any atom is 0.253 e. The Kier molecular flexibility index (Phi) is 5.31. The predicted molar refractivity (Wildman–Crippen MR) is 79.2 cm³/mol. The summed E-state index contributed by atoms with van der Waals surface area (Å²) in [6.45, 7) is 6.28. The minimum absolute atomic E-state index is 0.0988. The van der Waals surface area contributed by atoms with E-state index in [2.05, 4.69) is 27.6 Å². The fourth-order valence-electron chi connectivity index (χ4n) is 2.55. The summed E-state index contributed by atoms with van der Waals surface area (Å²) in [6.07, 6.45) is 5.43. The summed E-state index contributed by atoms with van der Waals surface area (Å²) >= 11 is 0. The number of amides is 1. The Morgan fingerprint density at radius 3 is 2.90 bits per heavy atom. The van der Waals surface area contributed by atoms with Crippen molar-refractivity contribution < 1.29 is 4.79 Å². The fourth-order valence-corrected chi connectivity index (χ4v) is 2.55. The Bertz CT molecular complexity index is 443. The molecular formula is C14H23N5O. The van der Waals surface area contributed by atoms with Crippen molar-refractivity contribution in [2.45, 2.75) is 19.8 Å². The van der Waals surface area contributed by atoms with Crippen LogP contribution in [0.3, 0.4) is 0 Å². The average molecular weight is 277 g/mol. The Morgan fingerprint density at radius 1 is 1.50 bits per heavy atom. The summed E-state index contributed by atoms with van der Waals surface area (Å²) in [5, 5.41) is 3.00. The van der Waals surface area contributed by atoms with Gasteiger partial charge >= 0.3 is 0 Å². The van der Waals surface area contributed by atoms with Gasteiger partial charge in [0.2, 0.25) is 0 Å². The van der Waals surface area contributed by atoms with Crippen molar-refractivity contribution in [3.63, 3.8) is 0 Å². The highest BCUT2D eigenvalue weighted by Crippen LogP contribution is 2.17. The number of nitrogens with zero attached hydrogens (tertiary/aromatic N) is 2. The zero-order chi connectivity index (χ0) is 14.4. The molecule has 0 aliphatic carbocycles. The Labute approximate surface area is 119 Å². The van der Waals surface area contributed by atoms with Gasteiger partial charge in [0, 0.05) is 12.7 Å². The number of aromatic nitrogens is 1. The SMILES string of the molecule is CCN1CCC(CNC(=O)c2ccncc2NN)CC1. The van der Waals surface area contributed by atoms with E-state index < -0.39 is 0 Å². The van der Waals surface area contributed by atoms with E-state index in [0.29, 0.717) is 17.2 Å². The zero-order valence-electron chi connectivity index (χ0n) is 11.9. The van der Waals surface area contributed by atoms with Crippen LogP contribution in [0, 0.1) is 5.92 Å². The number of likely N-dealkylation sites (tertiary alicyclic amines) is 1. The molecule has 0 unspecified atom stereocenters. The first-order valence-electron chi connectivity index (χ1n) is 7.15. The molecule has 1 saturated heterocycles. The topological polar surface area (TPSA) is 83.3 Å². The van der Waals surface area contributed by atoms with E-state index in [1.807, 2.05) is 0 Å². The molecule has 1 aliphatic rings. The van der Waals surface area contributed by atoms with Crippen LogP contribution in [0.15, 0.2) is 18.5 Å². The predicted octanol–water partition coefficient (Wildman–Crippen LogP) is 0.829. The highest BCUT2D eigenvalue weighted by Gasteiger charge is 2.19. The maximum absolute atomic E-state index is 12.1. The summed E-state index contributed by atoms with van der Waals surface area (Å²) in [5.41, 5.74) is 3.58. The molecule has 6 nitrogen and oxygen atoms in total. The first kappa shape index (κ1) is 14.7. The lowest BCUT2D eigenvalue weighted by atomic mass is 9.97. The Hall–Kier alpha value is -1.66. The number of pyridine rings is 1. The first-order valence-corrected chi connectivity index (χ1v) is 7.15. The molecule has 0 aromatic carbocycles. The lowest BCUT2D eigenvalue weighted by molar-refractivity contribution is 0.0937. The number of nitrogens with two attached hydrogens (primary N) is 1. The first-order chi connectivity index (χ1) is 9.74. The molecule has 0 bridgehead atoms. The van der Waals surface area contributed by atoms with Gasteiger partial charge in [0.05, 0.1) is 17.4 Å². The second kappa shape index (κ2) is 7.21. The summed E-state index contributed by atoms with van der Waals surface area (Å²) in [5.74, 6) is 5.85. The second-order valence-electron chi connectivity index (χ2n) is 5.15. The molecule has 1 fully saturated rings. The number of piperidine rings is 1. The van der Waals surface area contributed by atoms with Crippen LogP contribution in [-0.4, -0.2) is 42.0 Å². The van der Waals surface area contributed by atoms with E-state index >= 15 is 0 Å². The molecule has 20 heavy (non-hydrogen) atoms. The number of hydrazine groups is 1. The lowest BCUT2D eigenvalue weighted by Gasteiger charge is -2.31. The molecule has 4 N–H and O–H groups in total. The van der Waals surface area contributed by atoms with Gasteiger partial charge < -0.3 is 15.6 Å². The highest BCUT2D eigenvalue weighted by molar-refractivity contribution is 5.99. The van der Waals surface area contributed by atoms with Crippen molar-refractivity contribution >= 4 is 11.6 Å². The van der Waals surface area contributed by atoms with Gasteiger partial charge in [-0.05, 0) is 44.5 Å². The molecule has 0 radical (unpaired) electrons. The Balaban J connectivity index is 1.83. The minimum atomic E-state index is -0.0988. The van der Waals surface area contributed by atoms with E-state index in [1.54, 1.807) is 18.5 Å². The summed E-state index contributed by atoms with van der Waals surface area (Å²) < 4.78 is 0. The lowest BCUT2D eigenvalue weighted by Crippen LogP contribution is -2.38. The molecule has 0 atom stereocenters. The van der Waals surface area contributed by atoms with Crippen LogP contribution in [0.25, 0.3) is 0 Å². The van der Waals surface area contributed by atoms with Crippen LogP contribution >= 0.6 is 0 Å². The number of nitrogen functional groups attached to an aromatic ring is 1. The summed E-state index contributed by atoms with van der Waals surface area (Å²) in [6, 6.07) is 1.67. The van der Waals surface area contributed by atoms with Crippen LogP contribution in [-0.2, 0) is 0 Å².